The lowest BCUT2D eigenvalue weighted by Gasteiger charge is -2.19. The van der Waals surface area contributed by atoms with Gasteiger partial charge in [0.1, 0.15) is 11.5 Å². The fraction of sp³-hybridized carbons (Fsp3) is 0.280. The van der Waals surface area contributed by atoms with Crippen LogP contribution in [0.15, 0.2) is 52.9 Å². The second-order valence-electron chi connectivity index (χ2n) is 8.20. The predicted octanol–water partition coefficient (Wildman–Crippen LogP) is 5.26. The lowest BCUT2D eigenvalue weighted by molar-refractivity contribution is 0.0721. The quantitative estimate of drug-likeness (QED) is 0.361. The molecule has 0 fully saturated rings. The van der Waals surface area contributed by atoms with Gasteiger partial charge in [-0.25, -0.2) is 9.07 Å². The molecule has 2 aromatic carbocycles. The van der Waals surface area contributed by atoms with Crippen molar-refractivity contribution < 1.29 is 13.6 Å². The van der Waals surface area contributed by atoms with E-state index in [1.54, 1.807) is 39.9 Å². The third-order valence-corrected chi connectivity index (χ3v) is 6.22. The van der Waals surface area contributed by atoms with E-state index in [9.17, 15) is 9.18 Å². The van der Waals surface area contributed by atoms with Crippen molar-refractivity contribution in [2.45, 2.75) is 39.2 Å². The van der Waals surface area contributed by atoms with Gasteiger partial charge in [0, 0.05) is 17.8 Å². The summed E-state index contributed by atoms with van der Waals surface area (Å²) in [6.45, 7) is 2.63. The van der Waals surface area contributed by atoms with Gasteiger partial charge in [-0.05, 0) is 49.9 Å². The van der Waals surface area contributed by atoms with Crippen LogP contribution in [-0.4, -0.2) is 37.3 Å². The summed E-state index contributed by atoms with van der Waals surface area (Å²) < 4.78 is 21.9. The summed E-state index contributed by atoms with van der Waals surface area (Å²) in [6, 6.07) is 13.7. The Morgan fingerprint density at radius 3 is 2.74 bits per heavy atom. The minimum Gasteiger partial charge on any atom is -0.419 e. The Hall–Kier alpha value is -3.52. The first-order valence-electron chi connectivity index (χ1n) is 11.3. The molecule has 0 radical (unpaired) electrons. The Morgan fingerprint density at radius 1 is 1.15 bits per heavy atom. The van der Waals surface area contributed by atoms with Crippen LogP contribution in [0.1, 0.15) is 47.4 Å². The summed E-state index contributed by atoms with van der Waals surface area (Å²) >= 11 is 6.24. The molecule has 0 bridgehead atoms. The number of nitrogens with zero attached hydrogens (tertiary/aromatic N) is 5. The van der Waals surface area contributed by atoms with Crippen molar-refractivity contribution in [1.82, 2.24) is 24.9 Å². The SMILES string of the molecule is CCCN(Cc1nnc(-c2ccccc2Cl)o1)C(=O)c1nn(-c2ccccc2F)c2c1CCC2. The number of amides is 1. The van der Waals surface area contributed by atoms with Gasteiger partial charge in [0.05, 0.1) is 17.1 Å². The van der Waals surface area contributed by atoms with Gasteiger partial charge in [-0.1, -0.05) is 42.8 Å². The van der Waals surface area contributed by atoms with Crippen LogP contribution >= 0.6 is 11.6 Å². The average molecular weight is 480 g/mol. The number of fused-ring (bicyclic) bond motifs is 1. The summed E-state index contributed by atoms with van der Waals surface area (Å²) in [4.78, 5) is 15.3. The molecule has 0 aliphatic heterocycles. The number of carbonyl (C=O) groups is 1. The van der Waals surface area contributed by atoms with E-state index in [4.69, 9.17) is 16.0 Å². The number of rotatable bonds is 7. The van der Waals surface area contributed by atoms with Gasteiger partial charge in [-0.2, -0.15) is 5.10 Å². The lowest BCUT2D eigenvalue weighted by atomic mass is 10.1. The first-order chi connectivity index (χ1) is 16.6. The fourth-order valence-electron chi connectivity index (χ4n) is 4.33. The Bertz CT molecular complexity index is 1350. The van der Waals surface area contributed by atoms with Gasteiger partial charge in [0.25, 0.3) is 5.91 Å². The highest BCUT2D eigenvalue weighted by molar-refractivity contribution is 6.33. The molecule has 0 spiro atoms. The maximum absolute atomic E-state index is 14.5. The summed E-state index contributed by atoms with van der Waals surface area (Å²) in [7, 11) is 0. The third-order valence-electron chi connectivity index (χ3n) is 5.89. The smallest absolute Gasteiger partial charge is 0.275 e. The van der Waals surface area contributed by atoms with Crippen LogP contribution in [0.5, 0.6) is 0 Å². The Balaban J connectivity index is 1.45. The number of para-hydroxylation sites is 1. The van der Waals surface area contributed by atoms with Crippen LogP contribution in [0.3, 0.4) is 0 Å². The highest BCUT2D eigenvalue weighted by Crippen LogP contribution is 2.30. The number of hydrogen-bond donors (Lipinski definition) is 0. The van der Waals surface area contributed by atoms with Gasteiger partial charge in [0.2, 0.25) is 11.8 Å². The molecular weight excluding hydrogens is 457 g/mol. The maximum atomic E-state index is 14.5. The van der Waals surface area contributed by atoms with Crippen LogP contribution in [0.4, 0.5) is 4.39 Å². The van der Waals surface area contributed by atoms with E-state index < -0.39 is 0 Å². The zero-order valence-corrected chi connectivity index (χ0v) is 19.4. The van der Waals surface area contributed by atoms with Gasteiger partial charge in [-0.3, -0.25) is 4.79 Å². The molecule has 1 aliphatic carbocycles. The molecule has 5 rings (SSSR count). The van der Waals surface area contributed by atoms with Gasteiger partial charge in [-0.15, -0.1) is 10.2 Å². The van der Waals surface area contributed by atoms with Crippen LogP contribution in [0.25, 0.3) is 17.1 Å². The highest BCUT2D eigenvalue weighted by Gasteiger charge is 2.30. The predicted molar refractivity (Wildman–Crippen MR) is 125 cm³/mol. The van der Waals surface area contributed by atoms with Crippen molar-refractivity contribution in [3.63, 3.8) is 0 Å². The van der Waals surface area contributed by atoms with Gasteiger partial charge < -0.3 is 9.32 Å². The standard InChI is InChI=1S/C25H23ClFN5O2/c1-2-14-31(15-22-28-29-24(34-22)16-8-3-4-10-18(16)26)25(33)23-17-9-7-13-20(17)32(30-23)21-12-6-5-11-19(21)27/h3-6,8,10-12H,2,7,9,13-15H2,1H3. The minimum atomic E-state index is -0.373. The van der Waals surface area contributed by atoms with E-state index in [0.29, 0.717) is 40.3 Å². The van der Waals surface area contributed by atoms with Gasteiger partial charge >= 0.3 is 0 Å². The highest BCUT2D eigenvalue weighted by atomic mass is 35.5. The summed E-state index contributed by atoms with van der Waals surface area (Å²) in [5.74, 6) is 0.00535. The number of hydrogen-bond acceptors (Lipinski definition) is 5. The van der Waals surface area contributed by atoms with Crippen molar-refractivity contribution in [3.05, 3.63) is 82.2 Å². The van der Waals surface area contributed by atoms with E-state index in [0.717, 1.165) is 36.9 Å². The zero-order valence-electron chi connectivity index (χ0n) is 18.7. The molecule has 1 aliphatic rings. The molecule has 9 heteroatoms. The fourth-order valence-corrected chi connectivity index (χ4v) is 4.54. The van der Waals surface area contributed by atoms with Crippen LogP contribution in [0, 0.1) is 5.82 Å². The first-order valence-corrected chi connectivity index (χ1v) is 11.7. The molecule has 0 saturated carbocycles. The molecule has 0 atom stereocenters. The van der Waals surface area contributed by atoms with Crippen LogP contribution < -0.4 is 0 Å². The average Bonchev–Trinajstić information content (AvgIpc) is 3.56. The van der Waals surface area contributed by atoms with E-state index >= 15 is 0 Å². The van der Waals surface area contributed by atoms with E-state index in [2.05, 4.69) is 15.3 Å². The molecule has 0 N–H and O–H groups in total. The molecule has 1 amide bonds. The molecule has 174 valence electrons. The second-order valence-corrected chi connectivity index (χ2v) is 8.61. The Morgan fingerprint density at radius 2 is 1.94 bits per heavy atom. The molecule has 34 heavy (non-hydrogen) atoms. The molecular formula is C25H23ClFN5O2. The van der Waals surface area contributed by atoms with Crippen molar-refractivity contribution >= 4 is 17.5 Å². The van der Waals surface area contributed by atoms with Crippen molar-refractivity contribution in [2.24, 2.45) is 0 Å². The van der Waals surface area contributed by atoms with E-state index in [1.165, 1.54) is 6.07 Å². The van der Waals surface area contributed by atoms with Crippen LogP contribution in [-0.2, 0) is 19.4 Å². The molecule has 7 nitrogen and oxygen atoms in total. The van der Waals surface area contributed by atoms with Crippen LogP contribution in [0.2, 0.25) is 5.02 Å². The minimum absolute atomic E-state index is 0.144. The topological polar surface area (TPSA) is 77.1 Å². The maximum Gasteiger partial charge on any atom is 0.275 e. The number of carbonyl (C=O) groups excluding carboxylic acids is 1. The molecule has 0 saturated heterocycles. The lowest BCUT2D eigenvalue weighted by Crippen LogP contribution is -2.32. The summed E-state index contributed by atoms with van der Waals surface area (Å²) in [5.41, 5.74) is 3.12. The molecule has 4 aromatic rings. The molecule has 0 unspecified atom stereocenters. The zero-order chi connectivity index (χ0) is 23.7. The summed E-state index contributed by atoms with van der Waals surface area (Å²) in [6.07, 6.45) is 3.14. The molecule has 2 aromatic heterocycles. The third kappa shape index (κ3) is 4.09. The number of halogens is 2. The summed E-state index contributed by atoms with van der Waals surface area (Å²) in [5, 5.41) is 13.3. The van der Waals surface area contributed by atoms with E-state index in [1.807, 2.05) is 19.1 Å². The largest absolute Gasteiger partial charge is 0.419 e. The van der Waals surface area contributed by atoms with Gasteiger partial charge in [0.15, 0.2) is 5.69 Å². The Kier molecular flexibility index (Phi) is 6.15. The molecule has 2 heterocycles. The van der Waals surface area contributed by atoms with Crippen molar-refractivity contribution in [3.8, 4) is 17.1 Å². The van der Waals surface area contributed by atoms with Crippen molar-refractivity contribution in [2.75, 3.05) is 6.54 Å². The van der Waals surface area contributed by atoms with E-state index in [-0.39, 0.29) is 18.3 Å². The number of benzene rings is 2. The Labute approximate surface area is 201 Å². The normalized spacial score (nSPS) is 12.7. The monoisotopic (exact) mass is 479 g/mol. The first kappa shape index (κ1) is 22.3. The number of aromatic nitrogens is 4. The second kappa shape index (κ2) is 9.38. The van der Waals surface area contributed by atoms with Crippen molar-refractivity contribution in [1.29, 1.82) is 0 Å².